The minimum Gasteiger partial charge on any atom is -0.508 e. The Morgan fingerprint density at radius 3 is 2.41 bits per heavy atom. The maximum atomic E-state index is 17.0. The number of amides is 5. The number of phenolic OH excluding ortho intramolecular Hbond substituents is 1. The largest absolute Gasteiger partial charge is 0.508 e. The summed E-state index contributed by atoms with van der Waals surface area (Å²) in [4.78, 5) is 99.8. The van der Waals surface area contributed by atoms with Crippen LogP contribution in [0.2, 0.25) is 5.02 Å². The number of ketones is 1. The van der Waals surface area contributed by atoms with E-state index < -0.39 is 30.0 Å². The number of ether oxygens (including phenoxy) is 4. The van der Waals surface area contributed by atoms with Gasteiger partial charge in [0.25, 0.3) is 5.91 Å². The van der Waals surface area contributed by atoms with Crippen LogP contribution in [0.1, 0.15) is 85.4 Å². The van der Waals surface area contributed by atoms with Crippen molar-refractivity contribution in [3.63, 3.8) is 0 Å². The second kappa shape index (κ2) is 29.4. The molecule has 21 nitrogen and oxygen atoms in total. The molecule has 0 radical (unpaired) electrons. The van der Waals surface area contributed by atoms with E-state index in [9.17, 15) is 33.9 Å². The second-order valence-electron chi connectivity index (χ2n) is 21.4. The molecular formula is C62H72ClFN10O11S. The summed E-state index contributed by atoms with van der Waals surface area (Å²) >= 11 is 8.21. The molecule has 2 unspecified atom stereocenters. The highest BCUT2D eigenvalue weighted by Gasteiger charge is 2.41. The molecule has 1 aliphatic carbocycles. The van der Waals surface area contributed by atoms with E-state index in [0.717, 1.165) is 38.5 Å². The molecule has 0 spiro atoms. The van der Waals surface area contributed by atoms with Gasteiger partial charge in [0, 0.05) is 88.2 Å². The average Bonchev–Trinajstić information content (AvgIpc) is 3.57. The van der Waals surface area contributed by atoms with Crippen molar-refractivity contribution in [1.29, 1.82) is 0 Å². The zero-order valence-electron chi connectivity index (χ0n) is 48.5. The smallest absolute Gasteiger partial charge is 0.407 e. The van der Waals surface area contributed by atoms with Gasteiger partial charge in [-0.1, -0.05) is 73.8 Å². The number of nitrogens with zero attached hydrogens (tertiary/aromatic N) is 7. The molecule has 4 heterocycles. The van der Waals surface area contributed by atoms with Crippen molar-refractivity contribution in [1.82, 2.24) is 40.3 Å². The molecule has 2 aromatic heterocycles. The minimum atomic E-state index is -1.09. The number of hydrogen-bond acceptors (Lipinski definition) is 17. The Morgan fingerprint density at radius 1 is 0.884 bits per heavy atom. The summed E-state index contributed by atoms with van der Waals surface area (Å²) in [6.45, 7) is 8.85. The first-order chi connectivity index (χ1) is 41.6. The molecular weight excluding hydrogens is 1150 g/mol. The van der Waals surface area contributed by atoms with Crippen LogP contribution in [0.15, 0.2) is 84.8 Å². The number of benzene rings is 4. The number of aromatic hydroxyl groups is 1. The number of carbonyl (C=O) groups is 6. The highest BCUT2D eigenvalue weighted by atomic mass is 35.5. The second-order valence-corrected chi connectivity index (χ2v) is 22.7. The van der Waals surface area contributed by atoms with Crippen LogP contribution in [0.25, 0.3) is 32.8 Å². The Hall–Kier alpha value is -7.99. The Kier molecular flexibility index (Phi) is 21.4. The van der Waals surface area contributed by atoms with Crippen molar-refractivity contribution in [2.24, 2.45) is 5.92 Å². The number of alkyl carbamates (subject to hydrolysis) is 1. The van der Waals surface area contributed by atoms with Gasteiger partial charge in [0.15, 0.2) is 11.9 Å². The van der Waals surface area contributed by atoms with Crippen LogP contribution in [0.5, 0.6) is 11.5 Å². The number of likely N-dealkylation sites (tertiary alicyclic amines) is 1. The number of hydrogen-bond donors (Lipinski definition) is 4. The molecule has 456 valence electrons. The summed E-state index contributed by atoms with van der Waals surface area (Å²) in [5, 5.41) is 23.2. The fourth-order valence-corrected chi connectivity index (χ4v) is 12.4. The first-order valence-electron chi connectivity index (χ1n) is 29.1. The topological polar surface area (TPSA) is 247 Å². The summed E-state index contributed by atoms with van der Waals surface area (Å²) in [6.07, 6.45) is 5.47. The molecule has 9 rings (SSSR count). The van der Waals surface area contributed by atoms with E-state index in [0.29, 0.717) is 89.5 Å². The molecule has 2 aliphatic heterocycles. The van der Waals surface area contributed by atoms with E-state index in [4.69, 9.17) is 40.5 Å². The summed E-state index contributed by atoms with van der Waals surface area (Å²) < 4.78 is 39.6. The monoisotopic (exact) mass is 1220 g/mol. The zero-order chi connectivity index (χ0) is 60.9. The van der Waals surface area contributed by atoms with E-state index in [-0.39, 0.29) is 115 Å². The Balaban J connectivity index is 0.715. The van der Waals surface area contributed by atoms with Gasteiger partial charge in [0.05, 0.1) is 37.5 Å². The predicted octanol–water partition coefficient (Wildman–Crippen LogP) is 8.32. The fraction of sp³-hybridized carbons (Fsp3) is 0.435. The number of halogens is 2. The molecule has 1 saturated carbocycles. The minimum absolute atomic E-state index is 0.00670. The van der Waals surface area contributed by atoms with Crippen molar-refractivity contribution in [3.8, 4) is 22.6 Å². The van der Waals surface area contributed by atoms with Crippen LogP contribution in [0.4, 0.5) is 21.0 Å². The highest BCUT2D eigenvalue weighted by Crippen LogP contribution is 2.43. The molecule has 2 saturated heterocycles. The predicted molar refractivity (Wildman–Crippen MR) is 325 cm³/mol. The molecule has 6 aromatic rings. The van der Waals surface area contributed by atoms with E-state index >= 15 is 4.39 Å². The number of thiazole rings is 1. The van der Waals surface area contributed by atoms with Crippen LogP contribution >= 0.6 is 22.9 Å². The number of phenols is 1. The maximum absolute atomic E-state index is 17.0. The molecule has 4 aromatic carbocycles. The lowest BCUT2D eigenvalue weighted by molar-refractivity contribution is -0.141. The standard InChI is InChI=1S/C62H72ClFN10O11S/c1-5-50(76)72-23-25-73(26-24-72)57-46-36-47(63)52(45-35-42(75)33-40-15-9-10-18-44(40)45)53(64)55(46)69-61(70-57)66-21-20-51(77)71(4)27-28-82-29-30-83-31-32-84-43-17-11-16-41(34-43)56(78)48-37-86-59(67-48)49-19-12-22-74(49)60(80)54(39-13-7-6-8-14-39)68-58(79)38(2)85-62(81)65-3/h5,9-11,15-18,33-39,49,54,75H,1,6-8,12-14,19-32H2,2-4H3,(H,65,81)(H,68,79)(H,66,69,70)/t38?,49-,54?/m0/s1. The van der Waals surface area contributed by atoms with Crippen LogP contribution in [-0.2, 0) is 33.4 Å². The van der Waals surface area contributed by atoms with Crippen molar-refractivity contribution >= 4 is 91.9 Å². The molecule has 4 N–H and O–H groups in total. The Bertz CT molecular complexity index is 3450. The molecule has 24 heteroatoms. The van der Waals surface area contributed by atoms with E-state index in [1.807, 2.05) is 29.2 Å². The van der Waals surface area contributed by atoms with Crippen LogP contribution < -0.4 is 25.6 Å². The van der Waals surface area contributed by atoms with Crippen LogP contribution in [0, 0.1) is 11.7 Å². The third-order valence-electron chi connectivity index (χ3n) is 15.7. The first kappa shape index (κ1) is 62.5. The van der Waals surface area contributed by atoms with Gasteiger partial charge in [0.1, 0.15) is 46.2 Å². The third kappa shape index (κ3) is 15.2. The van der Waals surface area contributed by atoms with Gasteiger partial charge >= 0.3 is 6.09 Å². The quantitative estimate of drug-likeness (QED) is 0.0239. The van der Waals surface area contributed by atoms with Gasteiger partial charge in [0.2, 0.25) is 29.5 Å². The summed E-state index contributed by atoms with van der Waals surface area (Å²) in [5.74, 6) is -1.23. The van der Waals surface area contributed by atoms with Crippen LogP contribution in [0.3, 0.4) is 0 Å². The number of anilines is 2. The highest BCUT2D eigenvalue weighted by molar-refractivity contribution is 7.10. The van der Waals surface area contributed by atoms with E-state index in [1.165, 1.54) is 37.5 Å². The molecule has 86 heavy (non-hydrogen) atoms. The van der Waals surface area contributed by atoms with Crippen molar-refractivity contribution < 1.29 is 57.2 Å². The van der Waals surface area contributed by atoms with Crippen molar-refractivity contribution in [2.75, 3.05) is 103 Å². The van der Waals surface area contributed by atoms with Crippen molar-refractivity contribution in [2.45, 2.75) is 76.5 Å². The van der Waals surface area contributed by atoms with Gasteiger partial charge in [-0.25, -0.2) is 19.2 Å². The number of aromatic nitrogens is 3. The van der Waals surface area contributed by atoms with E-state index in [2.05, 4.69) is 27.5 Å². The maximum Gasteiger partial charge on any atom is 0.407 e. The fourth-order valence-electron chi connectivity index (χ4n) is 11.1. The zero-order valence-corrected chi connectivity index (χ0v) is 50.1. The summed E-state index contributed by atoms with van der Waals surface area (Å²) in [7, 11) is 3.08. The van der Waals surface area contributed by atoms with E-state index in [1.54, 1.807) is 63.5 Å². The van der Waals surface area contributed by atoms with Gasteiger partial charge in [-0.05, 0) is 91.3 Å². The molecule has 3 atom stereocenters. The number of fused-ring (bicyclic) bond motifs is 2. The lowest BCUT2D eigenvalue weighted by atomic mass is 9.83. The normalized spacial score (nSPS) is 16.2. The lowest BCUT2D eigenvalue weighted by Crippen LogP contribution is -2.54. The number of nitrogens with one attached hydrogen (secondary N) is 3. The Morgan fingerprint density at radius 2 is 1.64 bits per heavy atom. The van der Waals surface area contributed by atoms with Gasteiger partial charge < -0.3 is 59.6 Å². The molecule has 5 amide bonds. The molecule has 0 bridgehead atoms. The van der Waals surface area contributed by atoms with Gasteiger partial charge in [-0.3, -0.25) is 24.0 Å². The Labute approximate surface area is 507 Å². The summed E-state index contributed by atoms with van der Waals surface area (Å²) in [6, 6.07) is 17.7. The van der Waals surface area contributed by atoms with Gasteiger partial charge in [-0.2, -0.15) is 4.98 Å². The van der Waals surface area contributed by atoms with Crippen molar-refractivity contribution in [3.05, 3.63) is 112 Å². The third-order valence-corrected chi connectivity index (χ3v) is 17.0. The average molecular weight is 1220 g/mol. The number of carbonyl (C=O) groups excluding carboxylic acids is 6. The number of piperazine rings is 1. The first-order valence-corrected chi connectivity index (χ1v) is 30.3. The van der Waals surface area contributed by atoms with Crippen LogP contribution in [-0.4, -0.2) is 175 Å². The molecule has 3 fully saturated rings. The number of rotatable bonds is 25. The lowest BCUT2D eigenvalue weighted by Gasteiger charge is -2.35. The molecule has 3 aliphatic rings. The number of likely N-dealkylation sites (N-methyl/N-ethyl adjacent to an activating group) is 1. The van der Waals surface area contributed by atoms with Gasteiger partial charge in [-0.15, -0.1) is 11.3 Å². The SMILES string of the molecule is C=CC(=O)N1CCN(c2nc(NCCC(=O)N(C)CCOCCOCCOc3cccc(C(=O)c4csc([C@@H]5CCCN5C(=O)C(NC(=O)C(C)OC(=O)NC)C5CCCCC5)n4)c3)nc3c(F)c(-c4cc(O)cc5ccccc45)c(Cl)cc23)CC1. The summed E-state index contributed by atoms with van der Waals surface area (Å²) in [5.41, 5.74) is 1.10.